The fourth-order valence-electron chi connectivity index (χ4n) is 0.893. The van der Waals surface area contributed by atoms with Gasteiger partial charge < -0.3 is 4.74 Å². The zero-order valence-corrected chi connectivity index (χ0v) is 14.0. The minimum atomic E-state index is -6.85. The van der Waals surface area contributed by atoms with Crippen LogP contribution < -0.4 is 0 Å². The van der Waals surface area contributed by atoms with Crippen molar-refractivity contribution in [3.05, 3.63) is 30.1 Å². The molecule has 150 valence electrons. The first kappa shape index (κ1) is 24.1. The van der Waals surface area contributed by atoms with Crippen LogP contribution in [0.4, 0.5) is 26.3 Å². The Morgan fingerprint density at radius 3 is 1.81 bits per heavy atom. The van der Waals surface area contributed by atoms with E-state index in [1.807, 2.05) is 3.63 Å². The van der Waals surface area contributed by atoms with Gasteiger partial charge in [-0.1, -0.05) is 0 Å². The van der Waals surface area contributed by atoms with Crippen LogP contribution in [0.25, 0.3) is 0 Å². The number of carbonyl (C=O) groups is 1. The smallest absolute Gasteiger partial charge is 0.462 e. The second kappa shape index (κ2) is 8.63. The van der Waals surface area contributed by atoms with Gasteiger partial charge in [-0.15, -0.1) is 3.63 Å². The number of ether oxygens (including phenoxy) is 1. The molecule has 0 aliphatic heterocycles. The average Bonchev–Trinajstić information content (AvgIpc) is 2.45. The molecule has 0 N–H and O–H groups in total. The fraction of sp³-hybridized carbons (Fsp3) is 0.400. The largest absolute Gasteiger partial charge is 0.524 e. The summed E-state index contributed by atoms with van der Waals surface area (Å²) in [6, 6.07) is 3.37. The lowest BCUT2D eigenvalue weighted by Gasteiger charge is -2.09. The lowest BCUT2D eigenvalue weighted by Crippen LogP contribution is -2.34. The Balaban J connectivity index is 0.000000502. The number of esters is 1. The van der Waals surface area contributed by atoms with Crippen molar-refractivity contribution in [1.29, 1.82) is 0 Å². The van der Waals surface area contributed by atoms with Crippen LogP contribution >= 0.6 is 0 Å². The van der Waals surface area contributed by atoms with E-state index in [1.54, 1.807) is 25.3 Å². The number of carbonyl (C=O) groups excluding carboxylic acids is 1. The molecule has 0 aliphatic rings. The van der Waals surface area contributed by atoms with Crippen LogP contribution in [0.1, 0.15) is 17.3 Å². The van der Waals surface area contributed by atoms with Crippen molar-refractivity contribution >= 4 is 26.2 Å². The van der Waals surface area contributed by atoms with Gasteiger partial charge in [0.15, 0.2) is 0 Å². The first-order valence-corrected chi connectivity index (χ1v) is 8.77. The summed E-state index contributed by atoms with van der Waals surface area (Å²) in [5, 5.41) is 0. The summed E-state index contributed by atoms with van der Waals surface area (Å²) in [7, 11) is -13.7. The van der Waals surface area contributed by atoms with Crippen molar-refractivity contribution in [3.63, 3.8) is 0 Å². The molecule has 0 atom stereocenters. The monoisotopic (exact) mass is 433 g/mol. The van der Waals surface area contributed by atoms with Gasteiger partial charge in [0.2, 0.25) is 0 Å². The predicted molar refractivity (Wildman–Crippen MR) is 71.2 cm³/mol. The highest BCUT2D eigenvalue weighted by Gasteiger charge is 2.57. The maximum atomic E-state index is 11.4. The normalized spacial score (nSPS) is 12.7. The van der Waals surface area contributed by atoms with E-state index in [0.717, 1.165) is 0 Å². The SMILES string of the molecule is CCOC(=O)c1cccnc1.O=S(=O)(OS(=O)(=O)C(F)(F)F)C(F)(F)F. The number of aromatic nitrogens is 1. The summed E-state index contributed by atoms with van der Waals surface area (Å²) in [4.78, 5) is 14.8. The number of pyridine rings is 1. The van der Waals surface area contributed by atoms with Gasteiger partial charge in [0.05, 0.1) is 12.2 Å². The maximum Gasteiger partial charge on any atom is 0.524 e. The summed E-state index contributed by atoms with van der Waals surface area (Å²) in [5.41, 5.74) is -12.0. The van der Waals surface area contributed by atoms with E-state index in [2.05, 4.69) is 4.98 Å². The van der Waals surface area contributed by atoms with Crippen molar-refractivity contribution in [2.75, 3.05) is 6.61 Å². The molecule has 16 heteroatoms. The molecule has 0 bridgehead atoms. The molecule has 0 radical (unpaired) electrons. The Kier molecular flexibility index (Phi) is 7.99. The molecule has 0 amide bonds. The zero-order chi connectivity index (χ0) is 20.8. The van der Waals surface area contributed by atoms with Gasteiger partial charge in [0, 0.05) is 12.4 Å². The minimum absolute atomic E-state index is 0.319. The summed E-state index contributed by atoms with van der Waals surface area (Å²) < 4.78 is 115. The first-order chi connectivity index (χ1) is 11.5. The van der Waals surface area contributed by atoms with Crippen molar-refractivity contribution in [2.24, 2.45) is 0 Å². The van der Waals surface area contributed by atoms with E-state index in [0.29, 0.717) is 12.2 Å². The summed E-state index contributed by atoms with van der Waals surface area (Å²) in [5.74, 6) is -0.319. The van der Waals surface area contributed by atoms with Crippen molar-refractivity contribution in [3.8, 4) is 0 Å². The fourth-order valence-corrected chi connectivity index (χ4v) is 2.45. The average molecular weight is 433 g/mol. The van der Waals surface area contributed by atoms with Crippen LogP contribution in [0, 0.1) is 0 Å². The summed E-state index contributed by atoms with van der Waals surface area (Å²) in [6.07, 6.45) is 3.10. The van der Waals surface area contributed by atoms with Gasteiger partial charge in [-0.25, -0.2) is 4.79 Å². The van der Waals surface area contributed by atoms with Gasteiger partial charge in [0.25, 0.3) is 0 Å². The number of hydrogen-bond acceptors (Lipinski definition) is 8. The van der Waals surface area contributed by atoms with Crippen LogP contribution in [-0.2, 0) is 28.6 Å². The van der Waals surface area contributed by atoms with Crippen LogP contribution in [0.15, 0.2) is 24.5 Å². The van der Waals surface area contributed by atoms with Crippen molar-refractivity contribution in [2.45, 2.75) is 17.9 Å². The third-order valence-electron chi connectivity index (χ3n) is 1.92. The van der Waals surface area contributed by atoms with Crippen molar-refractivity contribution in [1.82, 2.24) is 4.98 Å². The number of hydrogen-bond donors (Lipinski definition) is 0. The van der Waals surface area contributed by atoms with E-state index in [4.69, 9.17) is 4.74 Å². The zero-order valence-electron chi connectivity index (χ0n) is 12.4. The van der Waals surface area contributed by atoms with Crippen LogP contribution in [0.5, 0.6) is 0 Å². The molecule has 1 heterocycles. The van der Waals surface area contributed by atoms with E-state index in [1.165, 1.54) is 6.20 Å². The topological polar surface area (TPSA) is 117 Å². The van der Waals surface area contributed by atoms with E-state index in [9.17, 15) is 48.0 Å². The number of nitrogens with zero attached hydrogens (tertiary/aromatic N) is 1. The van der Waals surface area contributed by atoms with Gasteiger partial charge in [-0.2, -0.15) is 43.2 Å². The Morgan fingerprint density at radius 1 is 1.04 bits per heavy atom. The van der Waals surface area contributed by atoms with E-state index in [-0.39, 0.29) is 5.97 Å². The lowest BCUT2D eigenvalue weighted by atomic mass is 10.3. The molecule has 1 rings (SSSR count). The molecule has 0 fully saturated rings. The van der Waals surface area contributed by atoms with E-state index < -0.39 is 31.3 Å². The van der Waals surface area contributed by atoms with Crippen LogP contribution in [-0.4, -0.2) is 45.4 Å². The molecular weight excluding hydrogens is 424 g/mol. The second-order valence-electron chi connectivity index (χ2n) is 3.83. The molecule has 26 heavy (non-hydrogen) atoms. The molecular formula is C10H9F6NO7S2. The Morgan fingerprint density at radius 2 is 1.50 bits per heavy atom. The highest BCUT2D eigenvalue weighted by Crippen LogP contribution is 2.32. The minimum Gasteiger partial charge on any atom is -0.462 e. The molecule has 0 aromatic carbocycles. The highest BCUT2D eigenvalue weighted by atomic mass is 32.3. The number of halogens is 6. The molecule has 1 aromatic rings. The van der Waals surface area contributed by atoms with Crippen molar-refractivity contribution < 1.29 is 56.3 Å². The van der Waals surface area contributed by atoms with Crippen LogP contribution in [0.3, 0.4) is 0 Å². The van der Waals surface area contributed by atoms with Gasteiger partial charge >= 0.3 is 37.2 Å². The summed E-state index contributed by atoms with van der Waals surface area (Å²) >= 11 is 0. The molecule has 0 aliphatic carbocycles. The molecule has 0 spiro atoms. The van der Waals surface area contributed by atoms with E-state index >= 15 is 0 Å². The molecule has 8 nitrogen and oxygen atoms in total. The standard InChI is InChI=1S/C8H9NO2.C2F6O5S2/c1-2-11-8(10)7-4-3-5-9-6-7;3-1(4,5)14(9,10)13-15(11,12)2(6,7)8/h3-6H,2H2,1H3;. The molecule has 1 aromatic heterocycles. The van der Waals surface area contributed by atoms with Gasteiger partial charge in [-0.05, 0) is 19.1 Å². The first-order valence-electron chi connectivity index (χ1n) is 5.96. The summed E-state index contributed by atoms with van der Waals surface area (Å²) in [6.45, 7) is 2.17. The van der Waals surface area contributed by atoms with Gasteiger partial charge in [0.1, 0.15) is 0 Å². The molecule has 0 saturated heterocycles. The highest BCUT2D eigenvalue weighted by molar-refractivity contribution is 8.00. The molecule has 0 saturated carbocycles. The Bertz CT molecular complexity index is 761. The third-order valence-corrected chi connectivity index (χ3v) is 4.49. The number of alkyl halides is 6. The lowest BCUT2D eigenvalue weighted by molar-refractivity contribution is -0.0585. The quantitative estimate of drug-likeness (QED) is 0.402. The van der Waals surface area contributed by atoms with Gasteiger partial charge in [-0.3, -0.25) is 4.98 Å². The second-order valence-corrected chi connectivity index (χ2v) is 7.12. The third kappa shape index (κ3) is 7.12. The van der Waals surface area contributed by atoms with Crippen LogP contribution in [0.2, 0.25) is 0 Å². The number of rotatable bonds is 4. The Labute approximate surface area is 143 Å². The maximum absolute atomic E-state index is 11.4. The predicted octanol–water partition coefficient (Wildman–Crippen LogP) is 1.96. The Hall–Kier alpha value is -1.94. The molecule has 0 unspecified atom stereocenters.